The lowest BCUT2D eigenvalue weighted by Crippen LogP contribution is -2.34. The van der Waals surface area contributed by atoms with Gasteiger partial charge < -0.3 is 16.4 Å². The van der Waals surface area contributed by atoms with Gasteiger partial charge in [-0.3, -0.25) is 0 Å². The van der Waals surface area contributed by atoms with Crippen LogP contribution in [0.15, 0.2) is 46.1 Å². The molecule has 4 N–H and O–H groups in total. The van der Waals surface area contributed by atoms with Crippen molar-refractivity contribution in [3.05, 3.63) is 47.5 Å². The number of thiophene rings is 1. The number of rotatable bonds is 9. The highest BCUT2D eigenvalue weighted by atomic mass is 32.2. The molecular weight excluding hydrogens is 470 g/mol. The number of thiazole rings is 1. The summed E-state index contributed by atoms with van der Waals surface area (Å²) in [6.45, 7) is 5.17. The zero-order valence-electron chi connectivity index (χ0n) is 18.7. The summed E-state index contributed by atoms with van der Waals surface area (Å²) in [5.74, 6) is 1.05. The third kappa shape index (κ3) is 5.48. The summed E-state index contributed by atoms with van der Waals surface area (Å²) < 4.78 is 1.13. The second-order valence-corrected chi connectivity index (χ2v) is 10.7. The maximum atomic E-state index is 11.7. The molecule has 0 aliphatic carbocycles. The number of hydrogen-bond acceptors (Lipinski definition) is 7. The van der Waals surface area contributed by atoms with Crippen LogP contribution >= 0.6 is 34.4 Å². The molecule has 172 valence electrons. The number of nitrogens with zero attached hydrogens (tertiary/aromatic N) is 2. The Balaban J connectivity index is 1.71. The number of fused-ring (bicyclic) bond motifs is 1. The normalized spacial score (nSPS) is 11.1. The molecule has 4 aromatic rings. The Morgan fingerprint density at radius 3 is 2.70 bits per heavy atom. The van der Waals surface area contributed by atoms with E-state index >= 15 is 0 Å². The smallest absolute Gasteiger partial charge is 0.315 e. The van der Waals surface area contributed by atoms with Gasteiger partial charge in [-0.25, -0.2) is 14.8 Å². The van der Waals surface area contributed by atoms with Gasteiger partial charge in [0.2, 0.25) is 0 Å². The van der Waals surface area contributed by atoms with Crippen molar-refractivity contribution in [2.45, 2.75) is 37.4 Å². The molecule has 1 aromatic carbocycles. The Kier molecular flexibility index (Phi) is 7.85. The van der Waals surface area contributed by atoms with Gasteiger partial charge in [-0.05, 0) is 41.9 Å². The maximum absolute atomic E-state index is 11.7. The molecule has 0 bridgehead atoms. The number of thioether (sulfide) groups is 1. The van der Waals surface area contributed by atoms with Crippen LogP contribution in [0, 0.1) is 0 Å². The number of anilines is 1. The molecule has 2 amide bonds. The minimum atomic E-state index is -0.162. The fourth-order valence-corrected chi connectivity index (χ4v) is 6.46. The molecule has 0 saturated heterocycles. The number of unbranched alkanes of at least 4 members (excludes halogenated alkanes) is 1. The van der Waals surface area contributed by atoms with Gasteiger partial charge in [0.15, 0.2) is 0 Å². The van der Waals surface area contributed by atoms with E-state index in [9.17, 15) is 4.79 Å². The van der Waals surface area contributed by atoms with Crippen LogP contribution in [-0.2, 0) is 6.54 Å². The predicted molar refractivity (Wildman–Crippen MR) is 142 cm³/mol. The number of nitrogen functional groups attached to an aromatic ring is 1. The summed E-state index contributed by atoms with van der Waals surface area (Å²) in [7, 11) is 0. The van der Waals surface area contributed by atoms with E-state index in [1.807, 2.05) is 36.2 Å². The van der Waals surface area contributed by atoms with Crippen LogP contribution in [0.25, 0.3) is 32.0 Å². The molecular formula is C24H27N5OS3. The van der Waals surface area contributed by atoms with Gasteiger partial charge in [0.05, 0.1) is 9.90 Å². The van der Waals surface area contributed by atoms with Gasteiger partial charge in [0.1, 0.15) is 15.5 Å². The lowest BCUT2D eigenvalue weighted by atomic mass is 10.0. The molecule has 0 saturated carbocycles. The molecule has 0 aliphatic rings. The number of carbonyl (C=O) groups is 1. The van der Waals surface area contributed by atoms with E-state index in [1.165, 1.54) is 0 Å². The van der Waals surface area contributed by atoms with Crippen molar-refractivity contribution in [3.63, 3.8) is 0 Å². The molecule has 0 unspecified atom stereocenters. The Bertz CT molecular complexity index is 1220. The van der Waals surface area contributed by atoms with Crippen LogP contribution in [0.2, 0.25) is 0 Å². The Hall–Kier alpha value is -2.62. The molecule has 0 spiro atoms. The first-order valence-corrected chi connectivity index (χ1v) is 13.7. The van der Waals surface area contributed by atoms with E-state index in [0.717, 1.165) is 66.1 Å². The molecule has 3 aromatic heterocycles. The van der Waals surface area contributed by atoms with Crippen molar-refractivity contribution in [3.8, 4) is 21.8 Å². The number of nitrogens with one attached hydrogen (secondary N) is 2. The average Bonchev–Trinajstić information content (AvgIpc) is 3.47. The van der Waals surface area contributed by atoms with Gasteiger partial charge >= 0.3 is 6.03 Å². The van der Waals surface area contributed by atoms with Crippen molar-refractivity contribution in [1.29, 1.82) is 0 Å². The Morgan fingerprint density at radius 2 is 2.00 bits per heavy atom. The zero-order chi connectivity index (χ0) is 23.2. The third-order valence-corrected chi connectivity index (χ3v) is 8.37. The standard InChI is InChI=1S/C24H27N5OS3/c1-3-5-11-32-23-20(25)19-17(13-18(29-22(19)33-23)21-27-10-12-31-21)16-8-6-15(7-9-16)14-28-24(30)26-4-2/h6-10,12-13H,3-5,11,14,25H2,1-2H3,(H2,26,28,30). The largest absolute Gasteiger partial charge is 0.397 e. The maximum Gasteiger partial charge on any atom is 0.315 e. The summed E-state index contributed by atoms with van der Waals surface area (Å²) in [5.41, 5.74) is 11.5. The van der Waals surface area contributed by atoms with E-state index in [4.69, 9.17) is 10.7 Å². The van der Waals surface area contributed by atoms with Crippen molar-refractivity contribution in [2.75, 3.05) is 18.0 Å². The van der Waals surface area contributed by atoms with Crippen molar-refractivity contribution in [1.82, 2.24) is 20.6 Å². The summed E-state index contributed by atoms with van der Waals surface area (Å²) in [6, 6.07) is 10.2. The summed E-state index contributed by atoms with van der Waals surface area (Å²) >= 11 is 5.06. The number of urea groups is 1. The highest BCUT2D eigenvalue weighted by Gasteiger charge is 2.18. The highest BCUT2D eigenvalue weighted by Crippen LogP contribution is 2.45. The van der Waals surface area contributed by atoms with Crippen LogP contribution in [-0.4, -0.2) is 28.3 Å². The van der Waals surface area contributed by atoms with Crippen molar-refractivity contribution < 1.29 is 4.79 Å². The second-order valence-electron chi connectivity index (χ2n) is 7.49. The van der Waals surface area contributed by atoms with Gasteiger partial charge in [-0.15, -0.1) is 34.4 Å². The molecule has 4 rings (SSSR count). The number of carbonyl (C=O) groups excluding carboxylic acids is 1. The number of nitrogens with two attached hydrogens (primary N) is 1. The molecule has 0 atom stereocenters. The highest BCUT2D eigenvalue weighted by molar-refractivity contribution is 8.01. The van der Waals surface area contributed by atoms with E-state index in [1.54, 1.807) is 28.9 Å². The first kappa shape index (κ1) is 23.5. The summed E-state index contributed by atoms with van der Waals surface area (Å²) in [5, 5.41) is 9.48. The van der Waals surface area contributed by atoms with Crippen LogP contribution in [0.1, 0.15) is 32.3 Å². The molecule has 6 nitrogen and oxygen atoms in total. The van der Waals surface area contributed by atoms with Crippen LogP contribution in [0.3, 0.4) is 0 Å². The van der Waals surface area contributed by atoms with Crippen LogP contribution < -0.4 is 16.4 Å². The molecule has 9 heteroatoms. The first-order chi connectivity index (χ1) is 16.1. The molecule has 33 heavy (non-hydrogen) atoms. The lowest BCUT2D eigenvalue weighted by Gasteiger charge is -2.10. The predicted octanol–water partition coefficient (Wildman–Crippen LogP) is 6.38. The number of benzene rings is 1. The zero-order valence-corrected chi connectivity index (χ0v) is 21.1. The van der Waals surface area contributed by atoms with E-state index in [0.29, 0.717) is 13.1 Å². The first-order valence-electron chi connectivity index (χ1n) is 11.0. The van der Waals surface area contributed by atoms with Gasteiger partial charge in [0, 0.05) is 30.1 Å². The van der Waals surface area contributed by atoms with Crippen molar-refractivity contribution >= 4 is 56.4 Å². The van der Waals surface area contributed by atoms with Gasteiger partial charge in [0.25, 0.3) is 0 Å². The number of pyridine rings is 1. The van der Waals surface area contributed by atoms with Gasteiger partial charge in [-0.1, -0.05) is 37.6 Å². The fourth-order valence-electron chi connectivity index (χ4n) is 3.41. The summed E-state index contributed by atoms with van der Waals surface area (Å²) in [6.07, 6.45) is 4.13. The molecule has 0 radical (unpaired) electrons. The SMILES string of the molecule is CCCCSc1sc2nc(-c3nccs3)cc(-c3ccc(CNC(=O)NCC)cc3)c2c1N. The fraction of sp³-hybridized carbons (Fsp3) is 0.292. The van der Waals surface area contributed by atoms with Crippen LogP contribution in [0.5, 0.6) is 0 Å². The topological polar surface area (TPSA) is 92.9 Å². The van der Waals surface area contributed by atoms with E-state index in [-0.39, 0.29) is 6.03 Å². The lowest BCUT2D eigenvalue weighted by molar-refractivity contribution is 0.241. The minimum Gasteiger partial charge on any atom is -0.397 e. The quantitative estimate of drug-likeness (QED) is 0.184. The molecule has 0 fully saturated rings. The number of hydrogen-bond donors (Lipinski definition) is 3. The van der Waals surface area contributed by atoms with E-state index < -0.39 is 0 Å². The van der Waals surface area contributed by atoms with Crippen molar-refractivity contribution in [2.24, 2.45) is 0 Å². The summed E-state index contributed by atoms with van der Waals surface area (Å²) in [4.78, 5) is 22.0. The molecule has 0 aliphatic heterocycles. The van der Waals surface area contributed by atoms with Gasteiger partial charge in [-0.2, -0.15) is 0 Å². The third-order valence-electron chi connectivity index (χ3n) is 5.10. The molecule has 3 heterocycles. The Morgan fingerprint density at radius 1 is 1.18 bits per heavy atom. The van der Waals surface area contributed by atoms with E-state index in [2.05, 4.69) is 40.7 Å². The number of amides is 2. The Labute approximate surface area is 206 Å². The average molecular weight is 498 g/mol. The number of aromatic nitrogens is 2. The minimum absolute atomic E-state index is 0.162. The van der Waals surface area contributed by atoms with Crippen LogP contribution in [0.4, 0.5) is 10.5 Å². The monoisotopic (exact) mass is 497 g/mol. The second kappa shape index (κ2) is 11.0.